The van der Waals surface area contributed by atoms with E-state index in [1.807, 2.05) is 0 Å². The van der Waals surface area contributed by atoms with Crippen molar-refractivity contribution in [3.8, 4) is 5.75 Å². The normalized spacial score (nSPS) is 32.8. The molecule has 27 heavy (non-hydrogen) atoms. The fourth-order valence-corrected chi connectivity index (χ4v) is 3.91. The quantitative estimate of drug-likeness (QED) is 0.591. The Balaban J connectivity index is 1.68. The summed E-state index contributed by atoms with van der Waals surface area (Å²) in [6.07, 6.45) is -7.40. The van der Waals surface area contributed by atoms with E-state index < -0.39 is 54.6 Å². The van der Waals surface area contributed by atoms with E-state index in [4.69, 9.17) is 5.48 Å². The lowest BCUT2D eigenvalue weighted by Gasteiger charge is -2.35. The van der Waals surface area contributed by atoms with Crippen LogP contribution in [0.4, 0.5) is 22.0 Å². The fraction of sp³-hybridized carbons (Fsp3) is 0.650. The van der Waals surface area contributed by atoms with Gasteiger partial charge in [0.15, 0.2) is 24.0 Å². The van der Waals surface area contributed by atoms with Crippen LogP contribution in [0.1, 0.15) is 68.2 Å². The Morgan fingerprint density at radius 3 is 2.26 bits per heavy atom. The summed E-state index contributed by atoms with van der Waals surface area (Å²) in [6.45, 7) is -1.80. The Kier molecular flexibility index (Phi) is 4.61. The summed E-state index contributed by atoms with van der Waals surface area (Å²) in [5, 5.41) is 0. The van der Waals surface area contributed by atoms with Crippen LogP contribution in [0.5, 0.6) is 5.75 Å². The number of benzene rings is 1. The van der Waals surface area contributed by atoms with Crippen molar-refractivity contribution in [2.45, 2.75) is 63.4 Å². The molecule has 2 fully saturated rings. The fourth-order valence-electron chi connectivity index (χ4n) is 3.91. The first-order valence-corrected chi connectivity index (χ1v) is 8.96. The molecule has 2 aliphatic rings. The molecule has 2 aliphatic carbocycles. The average molecular weight is 394 g/mol. The number of hydrogen-bond donors (Lipinski definition) is 0. The zero-order valence-electron chi connectivity index (χ0n) is 18.5. The lowest BCUT2D eigenvalue weighted by atomic mass is 9.70. The molecular weight excluding hydrogens is 367 g/mol. The molecule has 0 N–H and O–H groups in total. The number of ether oxygens (including phenoxy) is 1. The molecule has 0 bridgehead atoms. The molecule has 1 aromatic rings. The van der Waals surface area contributed by atoms with Gasteiger partial charge >= 0.3 is 6.18 Å². The van der Waals surface area contributed by atoms with E-state index in [1.165, 1.54) is 0 Å². The number of ketones is 1. The third-order valence-electron chi connectivity index (χ3n) is 5.29. The SMILES string of the molecule is [2H]C1([2H])C(=O)CCC(C2CCC(c3cc(F)c(OCC(F)(F)F)c(F)c3)CC2)C1([2H])[2H]. The molecular formula is C20H23F5O2. The largest absolute Gasteiger partial charge is 0.478 e. The number of halogens is 5. The van der Waals surface area contributed by atoms with E-state index in [0.29, 0.717) is 31.2 Å². The molecule has 1 atom stereocenters. The molecule has 2 saturated carbocycles. The molecule has 0 aromatic heterocycles. The van der Waals surface area contributed by atoms with Gasteiger partial charge in [-0.1, -0.05) is 0 Å². The number of Topliss-reactive ketones (excluding diaryl/α,β-unsaturated/α-hetero) is 1. The third kappa shape index (κ3) is 5.20. The monoisotopic (exact) mass is 394 g/mol. The van der Waals surface area contributed by atoms with Gasteiger partial charge in [0.25, 0.3) is 0 Å². The van der Waals surface area contributed by atoms with Crippen LogP contribution in [0.2, 0.25) is 0 Å². The highest BCUT2D eigenvalue weighted by atomic mass is 19.4. The van der Waals surface area contributed by atoms with Crippen LogP contribution < -0.4 is 4.74 Å². The highest BCUT2D eigenvalue weighted by Gasteiger charge is 2.32. The van der Waals surface area contributed by atoms with Crippen LogP contribution in [0.15, 0.2) is 12.1 Å². The Labute approximate surface area is 160 Å². The van der Waals surface area contributed by atoms with E-state index in [0.717, 1.165) is 12.1 Å². The van der Waals surface area contributed by atoms with Gasteiger partial charge in [-0.15, -0.1) is 0 Å². The first-order valence-electron chi connectivity index (χ1n) is 11.0. The van der Waals surface area contributed by atoms with Gasteiger partial charge in [0.2, 0.25) is 0 Å². The molecule has 0 amide bonds. The zero-order chi connectivity index (χ0) is 23.2. The van der Waals surface area contributed by atoms with E-state index in [-0.39, 0.29) is 24.7 Å². The minimum absolute atomic E-state index is 0.0209. The second-order valence-corrected chi connectivity index (χ2v) is 7.17. The molecule has 2 nitrogen and oxygen atoms in total. The van der Waals surface area contributed by atoms with Crippen LogP contribution in [0.3, 0.4) is 0 Å². The van der Waals surface area contributed by atoms with E-state index in [1.54, 1.807) is 0 Å². The number of carbonyl (C=O) groups is 1. The van der Waals surface area contributed by atoms with Crippen LogP contribution in [-0.2, 0) is 4.79 Å². The molecule has 3 rings (SSSR count). The van der Waals surface area contributed by atoms with Crippen molar-refractivity contribution in [2.24, 2.45) is 11.8 Å². The van der Waals surface area contributed by atoms with Crippen molar-refractivity contribution >= 4 is 5.78 Å². The maximum Gasteiger partial charge on any atom is 0.422 e. The summed E-state index contributed by atoms with van der Waals surface area (Å²) in [5.41, 5.74) is 0.296. The Bertz CT molecular complexity index is 812. The smallest absolute Gasteiger partial charge is 0.422 e. The van der Waals surface area contributed by atoms with Crippen molar-refractivity contribution in [1.29, 1.82) is 0 Å². The number of hydrogen-bond acceptors (Lipinski definition) is 2. The average Bonchev–Trinajstić information content (AvgIpc) is 2.65. The summed E-state index contributed by atoms with van der Waals surface area (Å²) in [4.78, 5) is 11.8. The lowest BCUT2D eigenvalue weighted by molar-refractivity contribution is -0.154. The Morgan fingerprint density at radius 2 is 1.67 bits per heavy atom. The van der Waals surface area contributed by atoms with Gasteiger partial charge in [-0.25, -0.2) is 8.78 Å². The zero-order valence-corrected chi connectivity index (χ0v) is 14.5. The van der Waals surface area contributed by atoms with Gasteiger partial charge in [-0.2, -0.15) is 13.2 Å². The maximum atomic E-state index is 14.2. The van der Waals surface area contributed by atoms with E-state index >= 15 is 0 Å². The van der Waals surface area contributed by atoms with Gasteiger partial charge in [-0.3, -0.25) is 4.79 Å². The Morgan fingerprint density at radius 1 is 1.04 bits per heavy atom. The predicted octanol–water partition coefficient (Wildman–Crippen LogP) is 5.94. The third-order valence-corrected chi connectivity index (χ3v) is 5.29. The summed E-state index contributed by atoms with van der Waals surface area (Å²) in [6, 6.07) is 1.94. The van der Waals surface area contributed by atoms with Crippen molar-refractivity contribution in [3.63, 3.8) is 0 Å². The van der Waals surface area contributed by atoms with E-state index in [9.17, 15) is 26.7 Å². The maximum absolute atomic E-state index is 14.2. The van der Waals surface area contributed by atoms with Crippen molar-refractivity contribution in [2.75, 3.05) is 6.61 Å². The second-order valence-electron chi connectivity index (χ2n) is 7.17. The number of rotatable bonds is 4. The highest BCUT2D eigenvalue weighted by molar-refractivity contribution is 5.79. The van der Waals surface area contributed by atoms with Crippen molar-refractivity contribution in [3.05, 3.63) is 29.3 Å². The molecule has 1 aromatic carbocycles. The van der Waals surface area contributed by atoms with Crippen LogP contribution >= 0.6 is 0 Å². The van der Waals surface area contributed by atoms with Crippen LogP contribution in [-0.4, -0.2) is 18.6 Å². The van der Waals surface area contributed by atoms with Gasteiger partial charge in [0.05, 0.1) is 0 Å². The van der Waals surface area contributed by atoms with Crippen LogP contribution in [0, 0.1) is 23.5 Å². The van der Waals surface area contributed by atoms with E-state index in [2.05, 4.69) is 4.74 Å². The standard InChI is InChI=1S/C20H23F5O2/c21-17-9-15(10-18(22)19(17)27-11-20(23,24)25)14-3-1-12(2-4-14)13-5-7-16(26)8-6-13/h9-10,12-14H,1-8,11H2/i5D2,7D2. The molecule has 150 valence electrons. The molecule has 0 radical (unpaired) electrons. The van der Waals surface area contributed by atoms with Crippen molar-refractivity contribution < 1.29 is 37.0 Å². The summed E-state index contributed by atoms with van der Waals surface area (Å²) >= 11 is 0. The molecule has 0 heterocycles. The van der Waals surface area contributed by atoms with Gasteiger partial charge in [0.1, 0.15) is 5.78 Å². The summed E-state index contributed by atoms with van der Waals surface area (Å²) in [5.74, 6) is -5.29. The molecule has 7 heteroatoms. The Hall–Kier alpha value is -1.66. The number of carbonyl (C=O) groups excluding carboxylic acids is 1. The van der Waals surface area contributed by atoms with Gasteiger partial charge in [0, 0.05) is 18.3 Å². The van der Waals surface area contributed by atoms with Gasteiger partial charge < -0.3 is 4.74 Å². The summed E-state index contributed by atoms with van der Waals surface area (Å²) in [7, 11) is 0. The molecule has 0 saturated heterocycles. The minimum Gasteiger partial charge on any atom is -0.478 e. The summed E-state index contributed by atoms with van der Waals surface area (Å²) < 4.78 is 102. The minimum atomic E-state index is -4.72. The second kappa shape index (κ2) is 8.15. The first kappa shape index (κ1) is 15.3. The highest BCUT2D eigenvalue weighted by Crippen LogP contribution is 2.43. The number of alkyl halides is 3. The topological polar surface area (TPSA) is 26.3 Å². The lowest BCUT2D eigenvalue weighted by Crippen LogP contribution is -2.25. The van der Waals surface area contributed by atoms with Crippen molar-refractivity contribution in [1.82, 2.24) is 0 Å². The predicted molar refractivity (Wildman–Crippen MR) is 89.6 cm³/mol. The van der Waals surface area contributed by atoms with Gasteiger partial charge in [-0.05, 0) is 73.9 Å². The first-order chi connectivity index (χ1) is 14.2. The molecule has 0 aliphatic heterocycles. The molecule has 0 spiro atoms. The van der Waals surface area contributed by atoms with Crippen LogP contribution in [0.25, 0.3) is 0 Å². The molecule has 1 unspecified atom stereocenters.